The highest BCUT2D eigenvalue weighted by molar-refractivity contribution is 5.84. The Morgan fingerprint density at radius 2 is 2.12 bits per heavy atom. The molecule has 1 aliphatic carbocycles. The van der Waals surface area contributed by atoms with Gasteiger partial charge in [-0.2, -0.15) is 0 Å². The highest BCUT2D eigenvalue weighted by Gasteiger charge is 2.47. The highest BCUT2D eigenvalue weighted by Crippen LogP contribution is 2.48. The quantitative estimate of drug-likeness (QED) is 0.819. The lowest BCUT2D eigenvalue weighted by Crippen LogP contribution is -2.42. The molecular weight excluding hydrogens is 208 g/mol. The molecule has 1 aliphatic rings. The highest BCUT2D eigenvalue weighted by atomic mass is 16.5. The lowest BCUT2D eigenvalue weighted by molar-refractivity contribution is -0.147. The lowest BCUT2D eigenvalue weighted by Gasteiger charge is -2.38. The Bertz CT molecular complexity index is 421. The summed E-state index contributed by atoms with van der Waals surface area (Å²) in [5, 5.41) is 18.8. The van der Waals surface area contributed by atoms with Crippen molar-refractivity contribution < 1.29 is 19.7 Å². The molecule has 1 aromatic carbocycles. The average Bonchev–Trinajstić information content (AvgIpc) is 2.15. The van der Waals surface area contributed by atoms with Crippen molar-refractivity contribution >= 4 is 5.97 Å². The summed E-state index contributed by atoms with van der Waals surface area (Å²) in [6, 6.07) is 4.59. The predicted octanol–water partition coefficient (Wildman–Crippen LogP) is 1.91. The van der Waals surface area contributed by atoms with Crippen LogP contribution in [0.3, 0.4) is 0 Å². The first kappa shape index (κ1) is 10.8. The number of aromatic hydroxyl groups is 1. The summed E-state index contributed by atoms with van der Waals surface area (Å²) in [7, 11) is 1.50. The van der Waals surface area contributed by atoms with Crippen molar-refractivity contribution in [3.8, 4) is 11.5 Å². The maximum absolute atomic E-state index is 11.3. The van der Waals surface area contributed by atoms with E-state index >= 15 is 0 Å². The van der Waals surface area contributed by atoms with Crippen molar-refractivity contribution in [2.24, 2.45) is 0 Å². The molecule has 1 aromatic rings. The van der Waals surface area contributed by atoms with Crippen molar-refractivity contribution in [3.63, 3.8) is 0 Å². The molecule has 86 valence electrons. The lowest BCUT2D eigenvalue weighted by atomic mass is 9.64. The molecular formula is C12H14O4. The SMILES string of the molecule is COc1ccc(O)cc1C1(C(=O)O)CCC1. The van der Waals surface area contributed by atoms with Gasteiger partial charge < -0.3 is 14.9 Å². The second kappa shape index (κ2) is 3.70. The number of rotatable bonds is 3. The molecule has 4 nitrogen and oxygen atoms in total. The largest absolute Gasteiger partial charge is 0.508 e. The van der Waals surface area contributed by atoms with Crippen LogP contribution in [-0.2, 0) is 10.2 Å². The molecule has 0 aromatic heterocycles. The maximum Gasteiger partial charge on any atom is 0.314 e. The minimum Gasteiger partial charge on any atom is -0.508 e. The second-order valence-corrected chi connectivity index (χ2v) is 4.13. The summed E-state index contributed by atoms with van der Waals surface area (Å²) in [5.41, 5.74) is -0.293. The first-order valence-electron chi connectivity index (χ1n) is 5.21. The van der Waals surface area contributed by atoms with Gasteiger partial charge in [-0.3, -0.25) is 4.79 Å². The minimum atomic E-state index is -0.871. The Morgan fingerprint density at radius 3 is 2.56 bits per heavy atom. The van der Waals surface area contributed by atoms with Crippen molar-refractivity contribution in [1.82, 2.24) is 0 Å². The van der Waals surface area contributed by atoms with E-state index in [1.807, 2.05) is 0 Å². The number of benzene rings is 1. The zero-order valence-corrected chi connectivity index (χ0v) is 9.06. The summed E-state index contributed by atoms with van der Waals surface area (Å²) in [6.07, 6.45) is 2.09. The van der Waals surface area contributed by atoms with E-state index in [0.717, 1.165) is 6.42 Å². The fourth-order valence-corrected chi connectivity index (χ4v) is 2.20. The number of hydrogen-bond acceptors (Lipinski definition) is 3. The van der Waals surface area contributed by atoms with Gasteiger partial charge in [0.25, 0.3) is 0 Å². The summed E-state index contributed by atoms with van der Waals surface area (Å²) in [4.78, 5) is 11.3. The average molecular weight is 222 g/mol. The fraction of sp³-hybridized carbons (Fsp3) is 0.417. The van der Waals surface area contributed by atoms with Crippen LogP contribution in [0.1, 0.15) is 24.8 Å². The number of hydrogen-bond donors (Lipinski definition) is 2. The molecule has 0 saturated heterocycles. The van der Waals surface area contributed by atoms with E-state index in [0.29, 0.717) is 24.2 Å². The van der Waals surface area contributed by atoms with Gasteiger partial charge in [0.2, 0.25) is 0 Å². The number of carboxylic acids is 1. The van der Waals surface area contributed by atoms with Gasteiger partial charge in [-0.1, -0.05) is 6.42 Å². The molecule has 0 radical (unpaired) electrons. The van der Waals surface area contributed by atoms with Crippen LogP contribution in [0.15, 0.2) is 18.2 Å². The minimum absolute atomic E-state index is 0.0725. The number of methoxy groups -OCH3 is 1. The van der Waals surface area contributed by atoms with Crippen LogP contribution in [0.25, 0.3) is 0 Å². The third kappa shape index (κ3) is 1.41. The number of phenols is 1. The predicted molar refractivity (Wildman–Crippen MR) is 57.8 cm³/mol. The van der Waals surface area contributed by atoms with Gasteiger partial charge in [-0.05, 0) is 31.0 Å². The van der Waals surface area contributed by atoms with Crippen LogP contribution in [-0.4, -0.2) is 23.3 Å². The summed E-state index contributed by atoms with van der Waals surface area (Å²) < 4.78 is 5.16. The van der Waals surface area contributed by atoms with E-state index in [4.69, 9.17) is 4.74 Å². The smallest absolute Gasteiger partial charge is 0.314 e. The fourth-order valence-electron chi connectivity index (χ4n) is 2.20. The van der Waals surface area contributed by atoms with Crippen LogP contribution < -0.4 is 4.74 Å². The van der Waals surface area contributed by atoms with Gasteiger partial charge in [0.15, 0.2) is 0 Å². The summed E-state index contributed by atoms with van der Waals surface area (Å²) in [5.74, 6) is -0.245. The van der Waals surface area contributed by atoms with Crippen LogP contribution in [0.4, 0.5) is 0 Å². The number of carbonyl (C=O) groups is 1. The molecule has 0 aliphatic heterocycles. The second-order valence-electron chi connectivity index (χ2n) is 4.13. The van der Waals surface area contributed by atoms with Gasteiger partial charge in [-0.15, -0.1) is 0 Å². The standard InChI is InChI=1S/C12H14O4/c1-16-10-4-3-8(13)7-9(10)12(11(14)15)5-2-6-12/h3-4,7,13H,2,5-6H2,1H3,(H,14,15). The van der Waals surface area contributed by atoms with Gasteiger partial charge in [0, 0.05) is 5.56 Å². The maximum atomic E-state index is 11.3. The first-order valence-corrected chi connectivity index (χ1v) is 5.21. The summed E-state index contributed by atoms with van der Waals surface area (Å²) >= 11 is 0. The topological polar surface area (TPSA) is 66.8 Å². The van der Waals surface area contributed by atoms with Crippen molar-refractivity contribution in [3.05, 3.63) is 23.8 Å². The number of ether oxygens (including phenoxy) is 1. The van der Waals surface area contributed by atoms with Gasteiger partial charge in [0.05, 0.1) is 12.5 Å². The Kier molecular flexibility index (Phi) is 2.50. The number of aliphatic carboxylic acids is 1. The molecule has 1 fully saturated rings. The first-order chi connectivity index (χ1) is 7.60. The van der Waals surface area contributed by atoms with E-state index < -0.39 is 11.4 Å². The van der Waals surface area contributed by atoms with E-state index in [2.05, 4.69) is 0 Å². The third-order valence-electron chi connectivity index (χ3n) is 3.32. The Morgan fingerprint density at radius 1 is 1.44 bits per heavy atom. The molecule has 4 heteroatoms. The molecule has 0 bridgehead atoms. The zero-order chi connectivity index (χ0) is 11.8. The Labute approximate surface area is 93.5 Å². The van der Waals surface area contributed by atoms with E-state index in [-0.39, 0.29) is 5.75 Å². The Balaban J connectivity index is 2.52. The van der Waals surface area contributed by atoms with Gasteiger partial charge in [0.1, 0.15) is 11.5 Å². The van der Waals surface area contributed by atoms with E-state index in [1.54, 1.807) is 6.07 Å². The van der Waals surface area contributed by atoms with E-state index in [1.165, 1.54) is 19.2 Å². The number of carboxylic acid groups (broad SMARTS) is 1. The molecule has 0 spiro atoms. The molecule has 0 heterocycles. The monoisotopic (exact) mass is 222 g/mol. The van der Waals surface area contributed by atoms with Crippen molar-refractivity contribution in [2.45, 2.75) is 24.7 Å². The van der Waals surface area contributed by atoms with Crippen LogP contribution >= 0.6 is 0 Å². The van der Waals surface area contributed by atoms with Crippen molar-refractivity contribution in [1.29, 1.82) is 0 Å². The Hall–Kier alpha value is -1.71. The molecule has 0 amide bonds. The molecule has 2 N–H and O–H groups in total. The van der Waals surface area contributed by atoms with Crippen molar-refractivity contribution in [2.75, 3.05) is 7.11 Å². The van der Waals surface area contributed by atoms with Crippen LogP contribution in [0.5, 0.6) is 11.5 Å². The molecule has 0 atom stereocenters. The molecule has 16 heavy (non-hydrogen) atoms. The number of phenolic OH excluding ortho intramolecular Hbond substituents is 1. The van der Waals surface area contributed by atoms with Crippen LogP contribution in [0, 0.1) is 0 Å². The van der Waals surface area contributed by atoms with E-state index in [9.17, 15) is 15.0 Å². The summed E-state index contributed by atoms with van der Waals surface area (Å²) in [6.45, 7) is 0. The van der Waals surface area contributed by atoms with Gasteiger partial charge >= 0.3 is 5.97 Å². The normalized spacial score (nSPS) is 17.6. The molecule has 1 saturated carbocycles. The zero-order valence-electron chi connectivity index (χ0n) is 9.06. The third-order valence-corrected chi connectivity index (χ3v) is 3.32. The van der Waals surface area contributed by atoms with Gasteiger partial charge in [-0.25, -0.2) is 0 Å². The molecule has 2 rings (SSSR count). The van der Waals surface area contributed by atoms with Crippen LogP contribution in [0.2, 0.25) is 0 Å². The molecule has 0 unspecified atom stereocenters.